The van der Waals surface area contributed by atoms with Crippen LogP contribution in [-0.2, 0) is 46.9 Å². The van der Waals surface area contributed by atoms with E-state index in [0.29, 0.717) is 36.8 Å². The topological polar surface area (TPSA) is 142 Å². The third-order valence-electron chi connectivity index (χ3n) is 9.72. The number of esters is 2. The van der Waals surface area contributed by atoms with Gasteiger partial charge in [-0.3, -0.25) is 19.2 Å². The van der Waals surface area contributed by atoms with Gasteiger partial charge in [-0.25, -0.2) is 0 Å². The summed E-state index contributed by atoms with van der Waals surface area (Å²) in [5, 5.41) is 6.01. The zero-order chi connectivity index (χ0) is 34.8. The normalized spacial score (nSPS) is 16.9. The van der Waals surface area contributed by atoms with Gasteiger partial charge in [0.15, 0.2) is 0 Å². The molecule has 4 rings (SSSR count). The molecule has 2 aromatic heterocycles. The van der Waals surface area contributed by atoms with E-state index in [9.17, 15) is 19.2 Å². The molecule has 0 saturated heterocycles. The van der Waals surface area contributed by atoms with Crippen LogP contribution in [0.2, 0.25) is 0 Å². The van der Waals surface area contributed by atoms with Crippen LogP contribution < -0.4 is 10.6 Å². The van der Waals surface area contributed by atoms with Crippen molar-refractivity contribution in [2.75, 3.05) is 14.2 Å². The van der Waals surface area contributed by atoms with Crippen LogP contribution in [0.15, 0.2) is 33.7 Å². The summed E-state index contributed by atoms with van der Waals surface area (Å²) >= 11 is 0. The standard InChI is InChI=1S/C37H48N4O6/c1-11-23-21(5)35(44)40-29(23)17-27-19(3)25(13-15-31(42)46-9)33(38-27)37(7,8)34-26(14-16-32(43)47-10)20(4)28(39-34)18-30-24(12-2)22(6)36(45)41-30/h17-18,38-39H,11-16H2,1-10H3,(H,40,44)(H,41,45)/b29-17-,30-18-. The van der Waals surface area contributed by atoms with Crippen LogP contribution in [0, 0.1) is 13.8 Å². The molecule has 0 atom stereocenters. The van der Waals surface area contributed by atoms with Gasteiger partial charge in [0, 0.05) is 63.6 Å². The number of amides is 2. The van der Waals surface area contributed by atoms with Crippen LogP contribution in [0.25, 0.3) is 12.2 Å². The molecule has 0 radical (unpaired) electrons. The highest BCUT2D eigenvalue weighted by Crippen LogP contribution is 2.41. The van der Waals surface area contributed by atoms with Gasteiger partial charge in [0.25, 0.3) is 11.8 Å². The Balaban J connectivity index is 1.91. The van der Waals surface area contributed by atoms with Gasteiger partial charge in [-0.05, 0) is 113 Å². The molecule has 252 valence electrons. The van der Waals surface area contributed by atoms with Crippen molar-refractivity contribution in [2.45, 2.75) is 99.3 Å². The fraction of sp³-hybridized carbons (Fsp3) is 0.459. The van der Waals surface area contributed by atoms with E-state index in [2.05, 4.69) is 34.4 Å². The number of methoxy groups -OCH3 is 2. The van der Waals surface area contributed by atoms with Gasteiger partial charge < -0.3 is 30.1 Å². The predicted molar refractivity (Wildman–Crippen MR) is 182 cm³/mol. The number of hydrogen-bond acceptors (Lipinski definition) is 6. The minimum Gasteiger partial charge on any atom is -0.469 e. The molecule has 4 heterocycles. The summed E-state index contributed by atoms with van der Waals surface area (Å²) in [6.45, 7) is 16.0. The van der Waals surface area contributed by atoms with E-state index < -0.39 is 5.41 Å². The number of carbonyl (C=O) groups is 4. The molecule has 0 saturated carbocycles. The van der Waals surface area contributed by atoms with Crippen molar-refractivity contribution in [1.29, 1.82) is 0 Å². The van der Waals surface area contributed by atoms with Crippen molar-refractivity contribution in [1.82, 2.24) is 20.6 Å². The number of ether oxygens (including phenoxy) is 2. The second kappa shape index (κ2) is 14.0. The van der Waals surface area contributed by atoms with Gasteiger partial charge in [-0.2, -0.15) is 0 Å². The lowest BCUT2D eigenvalue weighted by molar-refractivity contribution is -0.141. The monoisotopic (exact) mass is 644 g/mol. The Bertz CT molecular complexity index is 1630. The zero-order valence-electron chi connectivity index (χ0n) is 29.3. The Kier molecular flexibility index (Phi) is 10.5. The van der Waals surface area contributed by atoms with Crippen LogP contribution in [0.3, 0.4) is 0 Å². The van der Waals surface area contributed by atoms with E-state index in [0.717, 1.165) is 67.6 Å². The fourth-order valence-corrected chi connectivity index (χ4v) is 6.78. The van der Waals surface area contributed by atoms with Crippen LogP contribution in [0.5, 0.6) is 0 Å². The number of hydrogen-bond donors (Lipinski definition) is 4. The molecule has 0 unspecified atom stereocenters. The summed E-state index contributed by atoms with van der Waals surface area (Å²) in [6, 6.07) is 0. The molecule has 0 aliphatic carbocycles. The summed E-state index contributed by atoms with van der Waals surface area (Å²) in [7, 11) is 2.77. The van der Waals surface area contributed by atoms with Gasteiger partial charge in [0.2, 0.25) is 0 Å². The number of carbonyl (C=O) groups excluding carboxylic acids is 4. The van der Waals surface area contributed by atoms with Gasteiger partial charge in [-0.1, -0.05) is 13.8 Å². The van der Waals surface area contributed by atoms with Gasteiger partial charge >= 0.3 is 11.9 Å². The van der Waals surface area contributed by atoms with E-state index in [1.807, 2.05) is 53.7 Å². The van der Waals surface area contributed by atoms with Gasteiger partial charge in [0.05, 0.1) is 14.2 Å². The summed E-state index contributed by atoms with van der Waals surface area (Å²) in [4.78, 5) is 57.0. The van der Waals surface area contributed by atoms with E-state index in [1.165, 1.54) is 14.2 Å². The Labute approximate surface area is 277 Å². The Morgan fingerprint density at radius 1 is 0.681 bits per heavy atom. The first-order chi connectivity index (χ1) is 22.2. The largest absolute Gasteiger partial charge is 0.469 e. The highest BCUT2D eigenvalue weighted by molar-refractivity contribution is 6.01. The average molecular weight is 645 g/mol. The Hall–Kier alpha value is -4.60. The molecule has 2 aliphatic heterocycles. The van der Waals surface area contributed by atoms with Crippen LogP contribution in [0.1, 0.15) is 112 Å². The van der Waals surface area contributed by atoms with Crippen LogP contribution >= 0.6 is 0 Å². The zero-order valence-corrected chi connectivity index (χ0v) is 29.3. The lowest BCUT2D eigenvalue weighted by atomic mass is 9.79. The number of H-pyrrole nitrogens is 2. The molecule has 0 fully saturated rings. The molecular formula is C37H48N4O6. The quantitative estimate of drug-likeness (QED) is 0.212. The molecule has 0 aromatic carbocycles. The molecule has 10 nitrogen and oxygen atoms in total. The minimum atomic E-state index is -0.656. The highest BCUT2D eigenvalue weighted by Gasteiger charge is 2.35. The van der Waals surface area contributed by atoms with Crippen molar-refractivity contribution in [3.05, 3.63) is 78.7 Å². The molecule has 4 N–H and O–H groups in total. The smallest absolute Gasteiger partial charge is 0.305 e. The summed E-state index contributed by atoms with van der Waals surface area (Å²) in [6.07, 6.45) is 6.66. The second-order valence-corrected chi connectivity index (χ2v) is 12.8. The van der Waals surface area contributed by atoms with E-state index >= 15 is 0 Å². The average Bonchev–Trinajstić information content (AvgIpc) is 3.71. The van der Waals surface area contributed by atoms with Crippen LogP contribution in [0.4, 0.5) is 0 Å². The first-order valence-corrected chi connectivity index (χ1v) is 16.2. The first-order valence-electron chi connectivity index (χ1n) is 16.2. The van der Waals surface area contributed by atoms with Crippen LogP contribution in [-0.4, -0.2) is 47.9 Å². The van der Waals surface area contributed by atoms with Gasteiger partial charge in [0.1, 0.15) is 0 Å². The van der Waals surface area contributed by atoms with E-state index in [1.54, 1.807) is 0 Å². The maximum absolute atomic E-state index is 12.5. The number of nitrogens with one attached hydrogen (secondary N) is 4. The number of aromatic nitrogens is 2. The van der Waals surface area contributed by atoms with Crippen molar-refractivity contribution in [3.63, 3.8) is 0 Å². The Morgan fingerprint density at radius 3 is 1.36 bits per heavy atom. The lowest BCUT2D eigenvalue weighted by Gasteiger charge is -2.27. The van der Waals surface area contributed by atoms with Crippen molar-refractivity contribution in [3.8, 4) is 0 Å². The van der Waals surface area contributed by atoms with Crippen molar-refractivity contribution in [2.24, 2.45) is 0 Å². The van der Waals surface area contributed by atoms with E-state index in [-0.39, 0.29) is 36.6 Å². The maximum atomic E-state index is 12.5. The Morgan fingerprint density at radius 2 is 1.04 bits per heavy atom. The SMILES string of the molecule is CCC1=C(C)C(=O)N/C1=C\c1[nH]c(C(C)(C)c2[nH]c(/C=C3\NC(=O)C(C)=C3CC)c(C)c2CCC(=O)OC)c(CCC(=O)OC)c1C. The van der Waals surface area contributed by atoms with Crippen molar-refractivity contribution >= 4 is 35.9 Å². The maximum Gasteiger partial charge on any atom is 0.305 e. The molecular weight excluding hydrogens is 596 g/mol. The molecule has 2 aromatic rings. The third-order valence-corrected chi connectivity index (χ3v) is 9.72. The molecule has 0 bridgehead atoms. The summed E-state index contributed by atoms with van der Waals surface area (Å²) in [5.41, 5.74) is 11.7. The summed E-state index contributed by atoms with van der Waals surface area (Å²) in [5.74, 6) is -0.808. The summed E-state index contributed by atoms with van der Waals surface area (Å²) < 4.78 is 9.97. The highest BCUT2D eigenvalue weighted by atomic mass is 16.5. The molecule has 47 heavy (non-hydrogen) atoms. The number of allylic oxidation sites excluding steroid dienone is 2. The molecule has 2 aliphatic rings. The number of rotatable bonds is 12. The first kappa shape index (κ1) is 35.3. The molecule has 0 spiro atoms. The fourth-order valence-electron chi connectivity index (χ4n) is 6.78. The minimum absolute atomic E-state index is 0.0998. The van der Waals surface area contributed by atoms with E-state index in [4.69, 9.17) is 9.47 Å². The number of aromatic amines is 2. The third kappa shape index (κ3) is 6.77. The lowest BCUT2D eigenvalue weighted by Crippen LogP contribution is -2.24. The predicted octanol–water partition coefficient (Wildman–Crippen LogP) is 5.89. The molecule has 10 heteroatoms. The molecule has 2 amide bonds. The van der Waals surface area contributed by atoms with Gasteiger partial charge in [-0.15, -0.1) is 0 Å². The van der Waals surface area contributed by atoms with Crippen molar-refractivity contribution < 1.29 is 28.7 Å². The second-order valence-electron chi connectivity index (χ2n) is 12.8.